The zero-order valence-corrected chi connectivity index (χ0v) is 16.3. The van der Waals surface area contributed by atoms with Crippen LogP contribution in [0.25, 0.3) is 0 Å². The fraction of sp³-hybridized carbons (Fsp3) is 0.136. The second-order valence-corrected chi connectivity index (χ2v) is 7.79. The molecule has 3 aromatic carbocycles. The first-order valence-corrected chi connectivity index (χ1v) is 9.64. The molecule has 0 unspecified atom stereocenters. The van der Waals surface area contributed by atoms with Gasteiger partial charge in [-0.05, 0) is 60.9 Å². The zero-order valence-electron chi connectivity index (χ0n) is 14.7. The van der Waals surface area contributed by atoms with Crippen LogP contribution >= 0.6 is 23.4 Å². The van der Waals surface area contributed by atoms with E-state index in [1.807, 2.05) is 86.6 Å². The summed E-state index contributed by atoms with van der Waals surface area (Å²) in [7, 11) is 0. The zero-order chi connectivity index (χ0) is 18.5. The minimum atomic E-state index is -0.350. The Kier molecular flexibility index (Phi) is 6.02. The first kappa shape index (κ1) is 18.6. The summed E-state index contributed by atoms with van der Waals surface area (Å²) in [6.07, 6.45) is 0. The summed E-state index contributed by atoms with van der Waals surface area (Å²) in [5.41, 5.74) is 3.99. The quantitative estimate of drug-likeness (QED) is 0.516. The number of nitrogens with one attached hydrogen (secondary N) is 1. The number of aryl methyl sites for hydroxylation is 2. The minimum absolute atomic E-state index is 0.0372. The van der Waals surface area contributed by atoms with Crippen LogP contribution in [0.15, 0.2) is 77.7 Å². The van der Waals surface area contributed by atoms with Crippen molar-refractivity contribution < 1.29 is 4.79 Å². The summed E-state index contributed by atoms with van der Waals surface area (Å²) >= 11 is 7.50. The van der Waals surface area contributed by atoms with E-state index in [-0.39, 0.29) is 11.2 Å². The highest BCUT2D eigenvalue weighted by Crippen LogP contribution is 2.37. The van der Waals surface area contributed by atoms with Crippen LogP contribution in [0.2, 0.25) is 5.02 Å². The second kappa shape index (κ2) is 8.43. The average molecular weight is 382 g/mol. The summed E-state index contributed by atoms with van der Waals surface area (Å²) in [6, 6.07) is 23.5. The van der Waals surface area contributed by atoms with E-state index in [4.69, 9.17) is 11.6 Å². The van der Waals surface area contributed by atoms with Gasteiger partial charge in [-0.2, -0.15) is 0 Å². The molecule has 3 rings (SSSR count). The third-order valence-corrected chi connectivity index (χ3v) is 5.58. The number of thioether (sulfide) groups is 1. The molecule has 0 heterocycles. The molecular formula is C22H20ClNOS. The fourth-order valence-electron chi connectivity index (χ4n) is 2.62. The maximum absolute atomic E-state index is 13.1. The first-order valence-electron chi connectivity index (χ1n) is 8.38. The van der Waals surface area contributed by atoms with Crippen LogP contribution in [-0.2, 0) is 4.79 Å². The lowest BCUT2D eigenvalue weighted by molar-refractivity contribution is -0.115. The lowest BCUT2D eigenvalue weighted by atomic mass is 10.1. The van der Waals surface area contributed by atoms with Gasteiger partial charge in [-0.25, -0.2) is 0 Å². The highest BCUT2D eigenvalue weighted by Gasteiger charge is 2.22. The first-order chi connectivity index (χ1) is 12.5. The van der Waals surface area contributed by atoms with Crippen LogP contribution in [0.4, 0.5) is 5.69 Å². The molecule has 0 spiro atoms. The standard InChI is InChI=1S/C22H20ClNOS/c1-15-8-9-16(2)20(14-15)24-22(25)21(17-6-4-3-5-7-17)26-19-12-10-18(23)11-13-19/h3-14,21H,1-2H3,(H,24,25)/t21-/m1/s1. The number of benzene rings is 3. The minimum Gasteiger partial charge on any atom is -0.325 e. The molecule has 0 aliphatic carbocycles. The second-order valence-electron chi connectivity index (χ2n) is 6.17. The largest absolute Gasteiger partial charge is 0.325 e. The van der Waals surface area contributed by atoms with E-state index in [1.165, 1.54) is 11.8 Å². The topological polar surface area (TPSA) is 29.1 Å². The maximum Gasteiger partial charge on any atom is 0.242 e. The van der Waals surface area contributed by atoms with E-state index in [9.17, 15) is 4.79 Å². The van der Waals surface area contributed by atoms with Crippen LogP contribution in [0, 0.1) is 13.8 Å². The predicted molar refractivity (Wildman–Crippen MR) is 111 cm³/mol. The van der Waals surface area contributed by atoms with Crippen molar-refractivity contribution in [1.82, 2.24) is 0 Å². The average Bonchev–Trinajstić information content (AvgIpc) is 2.65. The molecule has 1 amide bonds. The summed E-state index contributed by atoms with van der Waals surface area (Å²) in [5, 5.41) is 3.43. The summed E-state index contributed by atoms with van der Waals surface area (Å²) in [4.78, 5) is 14.1. The molecule has 132 valence electrons. The monoisotopic (exact) mass is 381 g/mol. The van der Waals surface area contributed by atoms with Gasteiger partial charge in [0.25, 0.3) is 0 Å². The van der Waals surface area contributed by atoms with Gasteiger partial charge in [-0.1, -0.05) is 54.1 Å². The van der Waals surface area contributed by atoms with Gasteiger partial charge >= 0.3 is 0 Å². The molecule has 0 saturated carbocycles. The molecule has 2 nitrogen and oxygen atoms in total. The van der Waals surface area contributed by atoms with Crippen molar-refractivity contribution >= 4 is 35.0 Å². The Balaban J connectivity index is 1.88. The molecule has 0 bridgehead atoms. The lowest BCUT2D eigenvalue weighted by Gasteiger charge is -2.18. The normalized spacial score (nSPS) is 11.8. The SMILES string of the molecule is Cc1ccc(C)c(NC(=O)[C@H](Sc2ccc(Cl)cc2)c2ccccc2)c1. The van der Waals surface area contributed by atoms with Gasteiger partial charge in [0.1, 0.15) is 5.25 Å². The van der Waals surface area contributed by atoms with Gasteiger partial charge in [0.2, 0.25) is 5.91 Å². The Morgan fingerprint density at radius 2 is 1.65 bits per heavy atom. The number of amides is 1. The molecule has 0 radical (unpaired) electrons. The number of carbonyl (C=O) groups excluding carboxylic acids is 1. The molecule has 0 aromatic heterocycles. The summed E-state index contributed by atoms with van der Waals surface area (Å²) in [6.45, 7) is 4.02. The van der Waals surface area contributed by atoms with Crippen molar-refractivity contribution in [2.24, 2.45) is 0 Å². The lowest BCUT2D eigenvalue weighted by Crippen LogP contribution is -2.19. The van der Waals surface area contributed by atoms with Gasteiger partial charge in [-0.15, -0.1) is 11.8 Å². The van der Waals surface area contributed by atoms with Crippen LogP contribution in [0.3, 0.4) is 0 Å². The van der Waals surface area contributed by atoms with Crippen molar-refractivity contribution in [1.29, 1.82) is 0 Å². The van der Waals surface area contributed by atoms with Gasteiger partial charge in [-0.3, -0.25) is 4.79 Å². The highest BCUT2D eigenvalue weighted by molar-refractivity contribution is 8.00. The van der Waals surface area contributed by atoms with Crippen molar-refractivity contribution in [3.63, 3.8) is 0 Å². The number of hydrogen-bond acceptors (Lipinski definition) is 2. The third kappa shape index (κ3) is 4.69. The molecule has 4 heteroatoms. The van der Waals surface area contributed by atoms with E-state index in [0.29, 0.717) is 5.02 Å². The Morgan fingerprint density at radius 1 is 0.962 bits per heavy atom. The molecule has 3 aromatic rings. The number of carbonyl (C=O) groups is 1. The Hall–Kier alpha value is -2.23. The molecule has 0 aliphatic rings. The van der Waals surface area contributed by atoms with Crippen molar-refractivity contribution in [2.45, 2.75) is 24.0 Å². The Morgan fingerprint density at radius 3 is 2.35 bits per heavy atom. The van der Waals surface area contributed by atoms with Crippen LogP contribution in [-0.4, -0.2) is 5.91 Å². The Labute approximate surface area is 163 Å². The molecule has 1 atom stereocenters. The third-order valence-electron chi connectivity index (χ3n) is 4.06. The van der Waals surface area contributed by atoms with E-state index < -0.39 is 0 Å². The molecular weight excluding hydrogens is 362 g/mol. The smallest absolute Gasteiger partial charge is 0.242 e. The van der Waals surface area contributed by atoms with E-state index in [1.54, 1.807) is 0 Å². The number of halogens is 1. The van der Waals surface area contributed by atoms with E-state index >= 15 is 0 Å². The maximum atomic E-state index is 13.1. The Bertz CT molecular complexity index is 894. The fourth-order valence-corrected chi connectivity index (χ4v) is 3.77. The van der Waals surface area contributed by atoms with Crippen LogP contribution in [0.5, 0.6) is 0 Å². The molecule has 26 heavy (non-hydrogen) atoms. The molecule has 0 fully saturated rings. The van der Waals surface area contributed by atoms with Gasteiger partial charge in [0, 0.05) is 15.6 Å². The van der Waals surface area contributed by atoms with Crippen molar-refractivity contribution in [3.8, 4) is 0 Å². The van der Waals surface area contributed by atoms with E-state index in [0.717, 1.165) is 27.3 Å². The highest BCUT2D eigenvalue weighted by atomic mass is 35.5. The summed E-state index contributed by atoms with van der Waals surface area (Å²) in [5.74, 6) is -0.0372. The molecule has 0 saturated heterocycles. The predicted octanol–water partition coefficient (Wildman–Crippen LogP) is 6.43. The number of anilines is 1. The van der Waals surface area contributed by atoms with Gasteiger partial charge in [0.05, 0.1) is 0 Å². The number of rotatable bonds is 5. The van der Waals surface area contributed by atoms with Crippen LogP contribution in [0.1, 0.15) is 21.9 Å². The molecule has 0 aliphatic heterocycles. The van der Waals surface area contributed by atoms with Gasteiger partial charge in [0.15, 0.2) is 0 Å². The van der Waals surface area contributed by atoms with Gasteiger partial charge < -0.3 is 5.32 Å². The molecule has 1 N–H and O–H groups in total. The van der Waals surface area contributed by atoms with E-state index in [2.05, 4.69) is 5.32 Å². The van der Waals surface area contributed by atoms with Crippen molar-refractivity contribution in [3.05, 3.63) is 94.5 Å². The van der Waals surface area contributed by atoms with Crippen LogP contribution < -0.4 is 5.32 Å². The summed E-state index contributed by atoms with van der Waals surface area (Å²) < 4.78 is 0. The van der Waals surface area contributed by atoms with Crippen molar-refractivity contribution in [2.75, 3.05) is 5.32 Å². The number of hydrogen-bond donors (Lipinski definition) is 1.